The summed E-state index contributed by atoms with van der Waals surface area (Å²) in [4.78, 5) is 11.4. The fraction of sp³-hybridized carbons (Fsp3) is 0.417. The summed E-state index contributed by atoms with van der Waals surface area (Å²) in [5.41, 5.74) is 0. The Morgan fingerprint density at radius 2 is 2.06 bits per heavy atom. The summed E-state index contributed by atoms with van der Waals surface area (Å²) in [5.74, 6) is 0.815. The van der Waals surface area contributed by atoms with Crippen molar-refractivity contribution in [3.05, 3.63) is 24.3 Å². The van der Waals surface area contributed by atoms with Gasteiger partial charge >= 0.3 is 0 Å². The molecule has 1 amide bonds. The Balaban J connectivity index is 2.47. The number of hydrogen-bond acceptors (Lipinski definition) is 4. The summed E-state index contributed by atoms with van der Waals surface area (Å²) in [6.07, 6.45) is 0. The molecule has 1 aromatic carbocycles. The molecular formula is C12H17NO4. The number of methoxy groups -OCH3 is 1. The van der Waals surface area contributed by atoms with Crippen LogP contribution in [0.15, 0.2) is 24.3 Å². The lowest BCUT2D eigenvalue weighted by atomic mass is 10.3. The number of amides is 1. The van der Waals surface area contributed by atoms with Gasteiger partial charge in [-0.05, 0) is 19.1 Å². The molecule has 2 N–H and O–H groups in total. The molecular weight excluding hydrogens is 222 g/mol. The number of carbonyl (C=O) groups is 1. The Morgan fingerprint density at radius 1 is 1.41 bits per heavy atom. The van der Waals surface area contributed by atoms with Crippen LogP contribution >= 0.6 is 0 Å². The number of nitrogens with one attached hydrogen (secondary N) is 1. The van der Waals surface area contributed by atoms with Crippen LogP contribution in [-0.2, 0) is 4.79 Å². The number of carbonyl (C=O) groups excluding carboxylic acids is 1. The van der Waals surface area contributed by atoms with Crippen molar-refractivity contribution in [2.24, 2.45) is 0 Å². The average molecular weight is 239 g/mol. The number of aliphatic hydroxyl groups is 1. The molecule has 0 fully saturated rings. The molecule has 0 heterocycles. The minimum Gasteiger partial charge on any atom is -0.493 e. The predicted octanol–water partition coefficient (Wildman–Crippen LogP) is 0.571. The molecule has 5 nitrogen and oxygen atoms in total. The first-order valence-electron chi connectivity index (χ1n) is 5.33. The molecule has 0 saturated heterocycles. The van der Waals surface area contributed by atoms with Crippen LogP contribution < -0.4 is 14.8 Å². The minimum absolute atomic E-state index is 0.0968. The molecule has 5 heteroatoms. The molecule has 0 aliphatic carbocycles. The van der Waals surface area contributed by atoms with Gasteiger partial charge in [-0.1, -0.05) is 12.1 Å². The van der Waals surface area contributed by atoms with E-state index < -0.39 is 0 Å². The fourth-order valence-electron chi connectivity index (χ4n) is 1.24. The number of benzene rings is 1. The average Bonchev–Trinajstić information content (AvgIpc) is 2.36. The van der Waals surface area contributed by atoms with Crippen LogP contribution in [0.3, 0.4) is 0 Å². The van der Waals surface area contributed by atoms with Crippen LogP contribution in [0.5, 0.6) is 11.5 Å². The van der Waals surface area contributed by atoms with Gasteiger partial charge in [0.05, 0.1) is 13.7 Å². The van der Waals surface area contributed by atoms with E-state index in [4.69, 9.17) is 14.6 Å². The Kier molecular flexibility index (Phi) is 5.29. The zero-order chi connectivity index (χ0) is 12.7. The van der Waals surface area contributed by atoms with Crippen LogP contribution in [0.25, 0.3) is 0 Å². The maximum Gasteiger partial charge on any atom is 0.258 e. The third-order valence-electron chi connectivity index (χ3n) is 2.11. The summed E-state index contributed by atoms with van der Waals surface area (Å²) in [7, 11) is 1.54. The number of aliphatic hydroxyl groups excluding tert-OH is 1. The van der Waals surface area contributed by atoms with Gasteiger partial charge in [0, 0.05) is 6.04 Å². The lowest BCUT2D eigenvalue weighted by Crippen LogP contribution is -2.38. The Morgan fingerprint density at radius 3 is 2.65 bits per heavy atom. The second-order valence-corrected chi connectivity index (χ2v) is 3.59. The van der Waals surface area contributed by atoms with Crippen molar-refractivity contribution >= 4 is 5.91 Å². The van der Waals surface area contributed by atoms with E-state index in [1.165, 1.54) is 7.11 Å². The van der Waals surface area contributed by atoms with E-state index in [9.17, 15) is 4.79 Å². The lowest BCUT2D eigenvalue weighted by Gasteiger charge is -2.12. The predicted molar refractivity (Wildman–Crippen MR) is 63.2 cm³/mol. The van der Waals surface area contributed by atoms with Crippen molar-refractivity contribution in [3.8, 4) is 11.5 Å². The van der Waals surface area contributed by atoms with Crippen molar-refractivity contribution < 1.29 is 19.4 Å². The van der Waals surface area contributed by atoms with Gasteiger partial charge in [0.1, 0.15) is 0 Å². The number of rotatable bonds is 6. The van der Waals surface area contributed by atoms with E-state index in [1.807, 2.05) is 6.07 Å². The van der Waals surface area contributed by atoms with E-state index in [-0.39, 0.29) is 25.2 Å². The molecule has 0 radical (unpaired) electrons. The molecule has 1 rings (SSSR count). The van der Waals surface area contributed by atoms with Gasteiger partial charge in [-0.2, -0.15) is 0 Å². The highest BCUT2D eigenvalue weighted by molar-refractivity contribution is 5.77. The van der Waals surface area contributed by atoms with E-state index in [1.54, 1.807) is 25.1 Å². The van der Waals surface area contributed by atoms with Crippen LogP contribution in [0, 0.1) is 0 Å². The van der Waals surface area contributed by atoms with Gasteiger partial charge in [-0.25, -0.2) is 0 Å². The van der Waals surface area contributed by atoms with Gasteiger partial charge in [0.2, 0.25) is 0 Å². The van der Waals surface area contributed by atoms with Gasteiger partial charge in [-0.15, -0.1) is 0 Å². The first-order valence-corrected chi connectivity index (χ1v) is 5.33. The monoisotopic (exact) mass is 239 g/mol. The summed E-state index contributed by atoms with van der Waals surface area (Å²) in [6, 6.07) is 6.82. The normalized spacial score (nSPS) is 11.7. The Labute approximate surface area is 100 Å². The molecule has 94 valence electrons. The zero-order valence-corrected chi connectivity index (χ0v) is 9.97. The van der Waals surface area contributed by atoms with Gasteiger partial charge in [-0.3, -0.25) is 4.79 Å². The lowest BCUT2D eigenvalue weighted by molar-refractivity contribution is -0.124. The topological polar surface area (TPSA) is 67.8 Å². The third kappa shape index (κ3) is 4.32. The molecule has 17 heavy (non-hydrogen) atoms. The fourth-order valence-corrected chi connectivity index (χ4v) is 1.24. The number of para-hydroxylation sites is 2. The summed E-state index contributed by atoms with van der Waals surface area (Å²) in [5, 5.41) is 11.4. The molecule has 0 bridgehead atoms. The highest BCUT2D eigenvalue weighted by Crippen LogP contribution is 2.25. The molecule has 1 aromatic rings. The Hall–Kier alpha value is -1.75. The zero-order valence-electron chi connectivity index (χ0n) is 9.97. The molecule has 0 aliphatic heterocycles. The highest BCUT2D eigenvalue weighted by Gasteiger charge is 2.08. The first-order chi connectivity index (χ1) is 8.17. The summed E-state index contributed by atoms with van der Waals surface area (Å²) >= 11 is 0. The molecule has 1 unspecified atom stereocenters. The molecule has 0 spiro atoms. The van der Waals surface area contributed by atoms with Crippen molar-refractivity contribution in [1.82, 2.24) is 5.32 Å². The maximum absolute atomic E-state index is 11.4. The highest BCUT2D eigenvalue weighted by atomic mass is 16.5. The van der Waals surface area contributed by atoms with Crippen LogP contribution in [0.1, 0.15) is 6.92 Å². The van der Waals surface area contributed by atoms with Crippen LogP contribution in [-0.4, -0.2) is 37.4 Å². The van der Waals surface area contributed by atoms with Crippen LogP contribution in [0.4, 0.5) is 0 Å². The second-order valence-electron chi connectivity index (χ2n) is 3.59. The quantitative estimate of drug-likeness (QED) is 0.761. The number of ether oxygens (including phenoxy) is 2. The third-order valence-corrected chi connectivity index (χ3v) is 2.11. The van der Waals surface area contributed by atoms with Gasteiger partial charge in [0.15, 0.2) is 18.1 Å². The molecule has 0 saturated carbocycles. The number of hydrogen-bond donors (Lipinski definition) is 2. The first kappa shape index (κ1) is 13.3. The van der Waals surface area contributed by atoms with Gasteiger partial charge < -0.3 is 19.9 Å². The van der Waals surface area contributed by atoms with E-state index in [0.29, 0.717) is 11.5 Å². The van der Waals surface area contributed by atoms with Crippen molar-refractivity contribution in [1.29, 1.82) is 0 Å². The molecule has 0 aromatic heterocycles. The SMILES string of the molecule is COc1ccccc1OCC(=O)NC(C)CO. The van der Waals surface area contributed by atoms with E-state index in [0.717, 1.165) is 0 Å². The summed E-state index contributed by atoms with van der Waals surface area (Å²) in [6.45, 7) is 1.51. The molecule has 0 aliphatic rings. The van der Waals surface area contributed by atoms with Gasteiger partial charge in [0.25, 0.3) is 5.91 Å². The molecule has 1 atom stereocenters. The second kappa shape index (κ2) is 6.75. The van der Waals surface area contributed by atoms with Crippen LogP contribution in [0.2, 0.25) is 0 Å². The van der Waals surface area contributed by atoms with E-state index in [2.05, 4.69) is 5.32 Å². The van der Waals surface area contributed by atoms with Crippen molar-refractivity contribution in [3.63, 3.8) is 0 Å². The van der Waals surface area contributed by atoms with E-state index >= 15 is 0 Å². The smallest absolute Gasteiger partial charge is 0.258 e. The minimum atomic E-state index is -0.280. The largest absolute Gasteiger partial charge is 0.493 e. The van der Waals surface area contributed by atoms with Crippen molar-refractivity contribution in [2.75, 3.05) is 20.3 Å². The maximum atomic E-state index is 11.4. The summed E-state index contributed by atoms with van der Waals surface area (Å²) < 4.78 is 10.4. The standard InChI is InChI=1S/C12H17NO4/c1-9(7-14)13-12(15)8-17-11-6-4-3-5-10(11)16-2/h3-6,9,14H,7-8H2,1-2H3,(H,13,15). The van der Waals surface area contributed by atoms with Crippen molar-refractivity contribution in [2.45, 2.75) is 13.0 Å². The Bertz CT molecular complexity index is 367.